The molecule has 0 aliphatic rings. The van der Waals surface area contributed by atoms with Crippen molar-refractivity contribution in [3.8, 4) is 11.6 Å². The fourth-order valence-corrected chi connectivity index (χ4v) is 1.99. The third-order valence-corrected chi connectivity index (χ3v) is 3.35. The highest BCUT2D eigenvalue weighted by Gasteiger charge is 2.10. The van der Waals surface area contributed by atoms with Crippen molar-refractivity contribution >= 4 is 27.4 Å². The van der Waals surface area contributed by atoms with Crippen LogP contribution in [0.1, 0.15) is 0 Å². The molecule has 102 valence electrons. The first-order chi connectivity index (χ1) is 9.67. The molecule has 20 heavy (non-hydrogen) atoms. The number of benzene rings is 1. The number of nitrogens with one attached hydrogen (secondary N) is 1. The Kier molecular flexibility index (Phi) is 3.27. The number of anilines is 1. The average Bonchev–Trinajstić information content (AvgIpc) is 2.91. The first kappa shape index (κ1) is 12.9. The highest BCUT2D eigenvalue weighted by atomic mass is 79.9. The van der Waals surface area contributed by atoms with E-state index in [9.17, 15) is 4.39 Å². The third kappa shape index (κ3) is 2.32. The highest BCUT2D eigenvalue weighted by molar-refractivity contribution is 9.10. The molecule has 1 N–H and O–H groups in total. The minimum absolute atomic E-state index is 0.309. The summed E-state index contributed by atoms with van der Waals surface area (Å²) in [5.74, 6) is 0.898. The second-order valence-corrected chi connectivity index (χ2v) is 4.87. The van der Waals surface area contributed by atoms with Gasteiger partial charge in [0.05, 0.1) is 10.7 Å². The van der Waals surface area contributed by atoms with Gasteiger partial charge in [0.15, 0.2) is 0 Å². The summed E-state index contributed by atoms with van der Waals surface area (Å²) in [5.41, 5.74) is 0.562. The first-order valence-electron chi connectivity index (χ1n) is 5.82. The minimum Gasteiger partial charge on any atom is -0.436 e. The van der Waals surface area contributed by atoms with Crippen molar-refractivity contribution in [1.29, 1.82) is 0 Å². The number of nitrogens with zero attached hydrogens (tertiary/aromatic N) is 3. The largest absolute Gasteiger partial charge is 0.436 e. The average molecular weight is 337 g/mol. The molecule has 1 aromatic carbocycles. The van der Waals surface area contributed by atoms with Crippen LogP contribution in [-0.4, -0.2) is 21.4 Å². The molecule has 0 aliphatic carbocycles. The van der Waals surface area contributed by atoms with Gasteiger partial charge in [-0.05, 0) is 28.1 Å². The molecule has 7 heteroatoms. The van der Waals surface area contributed by atoms with E-state index in [2.05, 4.69) is 31.2 Å². The third-order valence-electron chi connectivity index (χ3n) is 2.71. The summed E-state index contributed by atoms with van der Waals surface area (Å²) in [7, 11) is 1.76. The molecule has 5 nitrogen and oxygen atoms in total. The fraction of sp³-hybridized carbons (Fsp3) is 0.0769. The molecule has 3 aromatic rings. The number of hydrogen-bond acceptors (Lipinski definition) is 4. The Morgan fingerprint density at radius 2 is 2.25 bits per heavy atom. The molecule has 0 aliphatic heterocycles. The zero-order valence-electron chi connectivity index (χ0n) is 10.5. The van der Waals surface area contributed by atoms with Crippen LogP contribution in [0.2, 0.25) is 0 Å². The van der Waals surface area contributed by atoms with E-state index < -0.39 is 5.82 Å². The van der Waals surface area contributed by atoms with Crippen molar-refractivity contribution in [1.82, 2.24) is 14.4 Å². The normalized spacial score (nSPS) is 10.8. The minimum atomic E-state index is -0.397. The molecular formula is C13H10BrFN4O. The van der Waals surface area contributed by atoms with Gasteiger partial charge in [-0.3, -0.25) is 4.40 Å². The smallest absolute Gasteiger partial charge is 0.265 e. The van der Waals surface area contributed by atoms with E-state index in [-0.39, 0.29) is 0 Å². The van der Waals surface area contributed by atoms with Gasteiger partial charge in [0.25, 0.3) is 5.88 Å². The summed E-state index contributed by atoms with van der Waals surface area (Å²) in [6.07, 6.45) is 5.22. The zero-order chi connectivity index (χ0) is 14.1. The molecule has 0 saturated heterocycles. The standard InChI is InChI=1S/C13H10BrFN4O/c1-16-11-7-19-5-4-17-12(19)13(18-11)20-8-2-3-9(14)10(15)6-8/h2-7,16H,1H3. The molecule has 0 atom stereocenters. The van der Waals surface area contributed by atoms with Crippen LogP contribution in [0, 0.1) is 5.82 Å². The number of rotatable bonds is 3. The Bertz CT molecular complexity index is 774. The second-order valence-electron chi connectivity index (χ2n) is 4.02. The van der Waals surface area contributed by atoms with Crippen LogP contribution in [0.5, 0.6) is 11.6 Å². The van der Waals surface area contributed by atoms with Crippen molar-refractivity contribution in [2.75, 3.05) is 12.4 Å². The molecule has 0 radical (unpaired) electrons. The van der Waals surface area contributed by atoms with Gasteiger partial charge in [-0.15, -0.1) is 0 Å². The van der Waals surface area contributed by atoms with Crippen LogP contribution in [0.25, 0.3) is 5.65 Å². The topological polar surface area (TPSA) is 51.5 Å². The number of halogens is 2. The van der Waals surface area contributed by atoms with Gasteiger partial charge < -0.3 is 10.1 Å². The monoisotopic (exact) mass is 336 g/mol. The van der Waals surface area contributed by atoms with Crippen molar-refractivity contribution in [3.63, 3.8) is 0 Å². The number of imidazole rings is 1. The molecule has 2 aromatic heterocycles. The summed E-state index contributed by atoms with van der Waals surface area (Å²) in [4.78, 5) is 8.46. The number of hydrogen-bond donors (Lipinski definition) is 1. The molecule has 0 spiro atoms. The van der Waals surface area contributed by atoms with Gasteiger partial charge in [-0.2, -0.15) is 4.98 Å². The van der Waals surface area contributed by atoms with Crippen LogP contribution >= 0.6 is 15.9 Å². The lowest BCUT2D eigenvalue weighted by atomic mass is 10.3. The van der Waals surface area contributed by atoms with Crippen molar-refractivity contribution in [2.24, 2.45) is 0 Å². The summed E-state index contributed by atoms with van der Waals surface area (Å²) in [6, 6.07) is 4.52. The van der Waals surface area contributed by atoms with Gasteiger partial charge in [0.2, 0.25) is 5.65 Å². The van der Waals surface area contributed by atoms with E-state index in [1.807, 2.05) is 0 Å². The van der Waals surface area contributed by atoms with Gasteiger partial charge in [-0.25, -0.2) is 9.37 Å². The van der Waals surface area contributed by atoms with E-state index in [1.54, 1.807) is 42.2 Å². The lowest BCUT2D eigenvalue weighted by molar-refractivity contribution is 0.460. The van der Waals surface area contributed by atoms with Crippen molar-refractivity contribution in [3.05, 3.63) is 47.1 Å². The molecule has 0 saturated carbocycles. The summed E-state index contributed by atoms with van der Waals surface area (Å²) < 4.78 is 21.3. The van der Waals surface area contributed by atoms with Crippen LogP contribution in [0.4, 0.5) is 10.2 Å². The lowest BCUT2D eigenvalue weighted by Gasteiger charge is -2.08. The SMILES string of the molecule is CNc1cn2ccnc2c(Oc2ccc(Br)c(F)c2)n1. The quantitative estimate of drug-likeness (QED) is 0.795. The second kappa shape index (κ2) is 5.09. The Morgan fingerprint density at radius 1 is 1.40 bits per heavy atom. The van der Waals surface area contributed by atoms with E-state index in [0.29, 0.717) is 27.6 Å². The Hall–Kier alpha value is -2.15. The van der Waals surface area contributed by atoms with Crippen LogP contribution in [0.15, 0.2) is 41.3 Å². The molecule has 3 rings (SSSR count). The molecular weight excluding hydrogens is 327 g/mol. The summed E-state index contributed by atoms with van der Waals surface area (Å²) >= 11 is 3.10. The molecule has 0 fully saturated rings. The predicted octanol–water partition coefficient (Wildman–Crippen LogP) is 3.46. The Balaban J connectivity index is 2.04. The van der Waals surface area contributed by atoms with Crippen LogP contribution in [-0.2, 0) is 0 Å². The number of fused-ring (bicyclic) bond motifs is 1. The molecule has 2 heterocycles. The summed E-state index contributed by atoms with van der Waals surface area (Å²) in [5, 5.41) is 2.93. The Labute approximate surface area is 122 Å². The van der Waals surface area contributed by atoms with Gasteiger partial charge in [0.1, 0.15) is 17.4 Å². The number of ether oxygens (including phenoxy) is 1. The summed E-state index contributed by atoms with van der Waals surface area (Å²) in [6.45, 7) is 0. The number of aromatic nitrogens is 3. The van der Waals surface area contributed by atoms with Gasteiger partial charge in [0, 0.05) is 25.5 Å². The van der Waals surface area contributed by atoms with Crippen molar-refractivity contribution in [2.45, 2.75) is 0 Å². The first-order valence-corrected chi connectivity index (χ1v) is 6.61. The Morgan fingerprint density at radius 3 is 3.00 bits per heavy atom. The van der Waals surface area contributed by atoms with E-state index in [4.69, 9.17) is 4.74 Å². The molecule has 0 amide bonds. The highest BCUT2D eigenvalue weighted by Crippen LogP contribution is 2.27. The van der Waals surface area contributed by atoms with E-state index >= 15 is 0 Å². The van der Waals surface area contributed by atoms with Crippen LogP contribution in [0.3, 0.4) is 0 Å². The maximum absolute atomic E-state index is 13.5. The molecule has 0 unspecified atom stereocenters. The fourth-order valence-electron chi connectivity index (χ4n) is 1.74. The van der Waals surface area contributed by atoms with E-state index in [1.165, 1.54) is 6.07 Å². The maximum atomic E-state index is 13.5. The van der Waals surface area contributed by atoms with E-state index in [0.717, 1.165) is 0 Å². The molecule has 0 bridgehead atoms. The maximum Gasteiger partial charge on any atom is 0.265 e. The predicted molar refractivity (Wildman–Crippen MR) is 76.7 cm³/mol. The van der Waals surface area contributed by atoms with Gasteiger partial charge in [-0.1, -0.05) is 0 Å². The lowest BCUT2D eigenvalue weighted by Crippen LogP contribution is -1.99. The van der Waals surface area contributed by atoms with Crippen molar-refractivity contribution < 1.29 is 9.13 Å². The van der Waals surface area contributed by atoms with Gasteiger partial charge >= 0.3 is 0 Å². The zero-order valence-corrected chi connectivity index (χ0v) is 12.1. The van der Waals surface area contributed by atoms with Crippen LogP contribution < -0.4 is 10.1 Å².